The van der Waals surface area contributed by atoms with Gasteiger partial charge in [-0.15, -0.1) is 0 Å². The summed E-state index contributed by atoms with van der Waals surface area (Å²) in [6.07, 6.45) is 4.36. The molecule has 0 aliphatic carbocycles. The van der Waals surface area contributed by atoms with Gasteiger partial charge < -0.3 is 19.4 Å². The third-order valence-corrected chi connectivity index (χ3v) is 5.48. The number of nitrogens with zero attached hydrogens (tertiary/aromatic N) is 3. The Morgan fingerprint density at radius 1 is 1.13 bits per heavy atom. The minimum Gasteiger partial charge on any atom is -0.493 e. The van der Waals surface area contributed by atoms with Crippen LogP contribution in [0.1, 0.15) is 23.6 Å². The second kappa shape index (κ2) is 8.99. The molecule has 1 aliphatic rings. The first-order chi connectivity index (χ1) is 15.1. The molecule has 1 atom stereocenters. The molecule has 160 valence electrons. The van der Waals surface area contributed by atoms with E-state index in [0.717, 1.165) is 17.5 Å². The number of rotatable bonds is 6. The van der Waals surface area contributed by atoms with Crippen LogP contribution in [0.2, 0.25) is 0 Å². The number of ether oxygens (including phenoxy) is 2. The van der Waals surface area contributed by atoms with Gasteiger partial charge in [0, 0.05) is 43.0 Å². The lowest BCUT2D eigenvalue weighted by Gasteiger charge is -2.17. The second-order valence-corrected chi connectivity index (χ2v) is 7.45. The molecule has 8 nitrogen and oxygen atoms in total. The zero-order valence-corrected chi connectivity index (χ0v) is 17.5. The van der Waals surface area contributed by atoms with Crippen LogP contribution < -0.4 is 15.0 Å². The predicted octanol–water partition coefficient (Wildman–Crippen LogP) is 2.41. The number of nitrogens with one attached hydrogen (secondary N) is 1. The number of H-pyrrole nitrogens is 1. The highest BCUT2D eigenvalue weighted by Gasteiger charge is 2.29. The molecule has 1 aromatic carbocycles. The first-order valence-electron chi connectivity index (χ1n) is 10.1. The standard InChI is InChI=1S/C23H24N4O4/c1-30-19-4-3-15(11-20(19)31-2)12-22(29)27-10-7-17(14-27)18-13-21(28)26-23(25-18)16-5-8-24-9-6-16/h3-6,8-9,11,13,17H,7,10,12,14H2,1-2H3,(H,25,26,28)/t17-/m0/s1. The van der Waals surface area contributed by atoms with Crippen molar-refractivity contribution in [3.63, 3.8) is 0 Å². The van der Waals surface area contributed by atoms with Crippen molar-refractivity contribution in [2.24, 2.45) is 0 Å². The number of aromatic nitrogens is 3. The minimum atomic E-state index is -0.202. The number of carbonyl (C=O) groups is 1. The van der Waals surface area contributed by atoms with Gasteiger partial charge in [-0.25, -0.2) is 4.98 Å². The molecule has 0 bridgehead atoms. The van der Waals surface area contributed by atoms with E-state index in [2.05, 4.69) is 15.0 Å². The summed E-state index contributed by atoms with van der Waals surface area (Å²) in [5.41, 5.74) is 2.16. The number of benzene rings is 1. The van der Waals surface area contributed by atoms with Crippen molar-refractivity contribution in [2.75, 3.05) is 27.3 Å². The average molecular weight is 420 g/mol. The molecule has 0 saturated carbocycles. The van der Waals surface area contributed by atoms with E-state index in [4.69, 9.17) is 9.47 Å². The van der Waals surface area contributed by atoms with Crippen LogP contribution in [0.5, 0.6) is 11.5 Å². The third kappa shape index (κ3) is 4.58. The van der Waals surface area contributed by atoms with E-state index in [1.165, 1.54) is 6.07 Å². The molecule has 31 heavy (non-hydrogen) atoms. The molecule has 3 heterocycles. The molecule has 1 fully saturated rings. The minimum absolute atomic E-state index is 0.0252. The van der Waals surface area contributed by atoms with Gasteiger partial charge in [0.2, 0.25) is 5.91 Å². The Bertz CT molecular complexity index is 1130. The van der Waals surface area contributed by atoms with Crippen LogP contribution in [0.15, 0.2) is 53.6 Å². The molecule has 4 rings (SSSR count). The van der Waals surface area contributed by atoms with Gasteiger partial charge in [-0.1, -0.05) is 6.07 Å². The fourth-order valence-corrected chi connectivity index (χ4v) is 3.84. The molecule has 1 aliphatic heterocycles. The monoisotopic (exact) mass is 420 g/mol. The number of hydrogen-bond donors (Lipinski definition) is 1. The van der Waals surface area contributed by atoms with E-state index in [-0.39, 0.29) is 23.8 Å². The smallest absolute Gasteiger partial charge is 0.251 e. The van der Waals surface area contributed by atoms with Gasteiger partial charge in [-0.3, -0.25) is 14.6 Å². The number of amides is 1. The molecule has 1 amide bonds. The van der Waals surface area contributed by atoms with Crippen molar-refractivity contribution in [1.29, 1.82) is 0 Å². The maximum Gasteiger partial charge on any atom is 0.251 e. The maximum absolute atomic E-state index is 12.9. The highest BCUT2D eigenvalue weighted by Crippen LogP contribution is 2.29. The maximum atomic E-state index is 12.9. The quantitative estimate of drug-likeness (QED) is 0.658. The molecule has 0 unspecified atom stereocenters. The molecule has 0 radical (unpaired) electrons. The van der Waals surface area contributed by atoms with Gasteiger partial charge in [-0.2, -0.15) is 0 Å². The highest BCUT2D eigenvalue weighted by molar-refractivity contribution is 5.79. The Labute approximate surface area is 179 Å². The SMILES string of the molecule is COc1ccc(CC(=O)N2CC[C@H](c3cc(=O)[nH]c(-c4ccncc4)n3)C2)cc1OC. The molecule has 3 aromatic rings. The Hall–Kier alpha value is -3.68. The van der Waals surface area contributed by atoms with Crippen molar-refractivity contribution in [3.05, 3.63) is 70.4 Å². The summed E-state index contributed by atoms with van der Waals surface area (Å²) >= 11 is 0. The fraction of sp³-hybridized carbons (Fsp3) is 0.304. The summed E-state index contributed by atoms with van der Waals surface area (Å²) in [7, 11) is 3.15. The number of methoxy groups -OCH3 is 2. The largest absolute Gasteiger partial charge is 0.493 e. The number of carbonyl (C=O) groups excluding carboxylic acids is 1. The normalized spacial score (nSPS) is 15.7. The zero-order chi connectivity index (χ0) is 21.8. The second-order valence-electron chi connectivity index (χ2n) is 7.45. The zero-order valence-electron chi connectivity index (χ0n) is 17.5. The van der Waals surface area contributed by atoms with E-state index in [9.17, 15) is 9.59 Å². The average Bonchev–Trinajstić information content (AvgIpc) is 3.30. The summed E-state index contributed by atoms with van der Waals surface area (Å²) in [4.78, 5) is 38.3. The molecule has 1 saturated heterocycles. The van der Waals surface area contributed by atoms with Crippen molar-refractivity contribution in [3.8, 4) is 22.9 Å². The Morgan fingerprint density at radius 2 is 1.90 bits per heavy atom. The molecule has 2 aromatic heterocycles. The highest BCUT2D eigenvalue weighted by atomic mass is 16.5. The van der Waals surface area contributed by atoms with Gasteiger partial charge in [0.15, 0.2) is 11.5 Å². The van der Waals surface area contributed by atoms with E-state index in [1.807, 2.05) is 17.0 Å². The number of aromatic amines is 1. The lowest BCUT2D eigenvalue weighted by atomic mass is 10.0. The summed E-state index contributed by atoms with van der Waals surface area (Å²) < 4.78 is 10.6. The number of hydrogen-bond acceptors (Lipinski definition) is 6. The van der Waals surface area contributed by atoms with Gasteiger partial charge in [-0.05, 0) is 36.2 Å². The number of likely N-dealkylation sites (tertiary alicyclic amines) is 1. The predicted molar refractivity (Wildman–Crippen MR) is 115 cm³/mol. The van der Waals surface area contributed by atoms with Gasteiger partial charge in [0.1, 0.15) is 5.82 Å². The Morgan fingerprint density at radius 3 is 2.65 bits per heavy atom. The van der Waals surface area contributed by atoms with Crippen molar-refractivity contribution in [2.45, 2.75) is 18.8 Å². The summed E-state index contributed by atoms with van der Waals surface area (Å²) in [6.45, 7) is 1.17. The topological polar surface area (TPSA) is 97.4 Å². The van der Waals surface area contributed by atoms with Crippen molar-refractivity contribution in [1.82, 2.24) is 19.9 Å². The fourth-order valence-electron chi connectivity index (χ4n) is 3.84. The van der Waals surface area contributed by atoms with Gasteiger partial charge in [0.25, 0.3) is 5.56 Å². The van der Waals surface area contributed by atoms with Crippen LogP contribution in [0.25, 0.3) is 11.4 Å². The molecule has 1 N–H and O–H groups in total. The molecular weight excluding hydrogens is 396 g/mol. The van der Waals surface area contributed by atoms with Crippen LogP contribution >= 0.6 is 0 Å². The number of pyridine rings is 1. The van der Waals surface area contributed by atoms with Crippen LogP contribution in [0.4, 0.5) is 0 Å². The summed E-state index contributed by atoms with van der Waals surface area (Å²) in [5.74, 6) is 1.81. The van der Waals surface area contributed by atoms with E-state index in [1.54, 1.807) is 44.8 Å². The third-order valence-electron chi connectivity index (χ3n) is 5.48. The summed E-state index contributed by atoms with van der Waals surface area (Å²) in [5, 5.41) is 0. The van der Waals surface area contributed by atoms with Crippen LogP contribution in [-0.2, 0) is 11.2 Å². The van der Waals surface area contributed by atoms with Crippen LogP contribution in [-0.4, -0.2) is 53.1 Å². The van der Waals surface area contributed by atoms with Gasteiger partial charge in [0.05, 0.1) is 26.3 Å². The Kier molecular flexibility index (Phi) is 5.97. The van der Waals surface area contributed by atoms with E-state index < -0.39 is 0 Å². The summed E-state index contributed by atoms with van der Waals surface area (Å²) in [6, 6.07) is 10.6. The Balaban J connectivity index is 1.47. The van der Waals surface area contributed by atoms with Crippen LogP contribution in [0.3, 0.4) is 0 Å². The van der Waals surface area contributed by atoms with Crippen molar-refractivity contribution < 1.29 is 14.3 Å². The lowest BCUT2D eigenvalue weighted by molar-refractivity contribution is -0.129. The molecular formula is C23H24N4O4. The van der Waals surface area contributed by atoms with Gasteiger partial charge >= 0.3 is 0 Å². The van der Waals surface area contributed by atoms with Crippen molar-refractivity contribution >= 4 is 5.91 Å². The first kappa shape index (κ1) is 20.6. The molecule has 8 heteroatoms. The lowest BCUT2D eigenvalue weighted by Crippen LogP contribution is -2.30. The van der Waals surface area contributed by atoms with E-state index >= 15 is 0 Å². The molecule has 0 spiro atoms. The first-order valence-corrected chi connectivity index (χ1v) is 10.1. The van der Waals surface area contributed by atoms with E-state index in [0.29, 0.717) is 36.1 Å². The van der Waals surface area contributed by atoms with Crippen LogP contribution in [0, 0.1) is 0 Å².